The molecule has 0 saturated heterocycles. The summed E-state index contributed by atoms with van der Waals surface area (Å²) in [5.41, 5.74) is 1.53. The molecule has 0 aliphatic rings. The van der Waals surface area contributed by atoms with Crippen LogP contribution < -0.4 is 19.1 Å². The molecule has 0 heterocycles. The summed E-state index contributed by atoms with van der Waals surface area (Å²) in [5, 5.41) is 2.98. The van der Waals surface area contributed by atoms with E-state index in [0.29, 0.717) is 30.2 Å². The van der Waals surface area contributed by atoms with Crippen LogP contribution in [0.1, 0.15) is 52.2 Å². The Balaban J connectivity index is 2.05. The number of rotatable bonds is 13. The molecule has 0 aliphatic carbocycles. The van der Waals surface area contributed by atoms with Crippen molar-refractivity contribution < 1.29 is 27.5 Å². The molecule has 3 rings (SSSR count). The van der Waals surface area contributed by atoms with Crippen molar-refractivity contribution >= 4 is 27.5 Å². The number of hydrogen-bond acceptors (Lipinski definition) is 6. The third kappa shape index (κ3) is 8.97. The average Bonchev–Trinajstić information content (AvgIpc) is 2.96. The number of carbonyl (C=O) groups is 2. The number of aryl methyl sites for hydroxylation is 1. The van der Waals surface area contributed by atoms with Crippen LogP contribution >= 0.6 is 0 Å². The zero-order chi connectivity index (χ0) is 31.8. The highest BCUT2D eigenvalue weighted by Gasteiger charge is 2.34. The van der Waals surface area contributed by atoms with E-state index in [1.807, 2.05) is 53.7 Å². The Morgan fingerprint density at radius 1 is 0.884 bits per heavy atom. The maximum absolute atomic E-state index is 14.2. The summed E-state index contributed by atoms with van der Waals surface area (Å²) in [6.45, 7) is 11.2. The number of benzene rings is 3. The smallest absolute Gasteiger partial charge is 0.264 e. The number of methoxy groups -OCH3 is 1. The third-order valence-electron chi connectivity index (χ3n) is 6.72. The molecule has 0 aliphatic heterocycles. The van der Waals surface area contributed by atoms with Crippen LogP contribution in [-0.4, -0.2) is 57.0 Å². The van der Waals surface area contributed by atoms with E-state index in [1.165, 1.54) is 17.0 Å². The van der Waals surface area contributed by atoms with Crippen molar-refractivity contribution in [2.24, 2.45) is 0 Å². The van der Waals surface area contributed by atoms with E-state index >= 15 is 0 Å². The highest BCUT2D eigenvalue weighted by molar-refractivity contribution is 7.92. The van der Waals surface area contributed by atoms with Gasteiger partial charge in [-0.05, 0) is 95.1 Å². The van der Waals surface area contributed by atoms with Gasteiger partial charge in [0, 0.05) is 12.1 Å². The van der Waals surface area contributed by atoms with Crippen LogP contribution in [-0.2, 0) is 26.2 Å². The summed E-state index contributed by atoms with van der Waals surface area (Å²) in [6.07, 6.45) is 0.333. The van der Waals surface area contributed by atoms with Gasteiger partial charge in [0.25, 0.3) is 10.0 Å². The molecule has 0 bridgehead atoms. The summed E-state index contributed by atoms with van der Waals surface area (Å²) < 4.78 is 40.0. The molecule has 43 heavy (non-hydrogen) atoms. The SMILES string of the molecule is CCOc1ccc(S(=O)(=O)N(CC(=O)N(Cc2ccc(OC)cc2)C(CC)C(=O)NC(C)(C)C)c2ccc(C)cc2)cc1. The van der Waals surface area contributed by atoms with Crippen molar-refractivity contribution in [3.05, 3.63) is 83.9 Å². The molecule has 1 atom stereocenters. The Bertz CT molecular complexity index is 1470. The van der Waals surface area contributed by atoms with Crippen molar-refractivity contribution in [2.45, 2.75) is 71.0 Å². The molecule has 3 aromatic rings. The lowest BCUT2D eigenvalue weighted by Crippen LogP contribution is -2.55. The molecular weight excluding hydrogens is 566 g/mol. The number of amides is 2. The molecular formula is C33H43N3O6S. The van der Waals surface area contributed by atoms with Crippen molar-refractivity contribution in [2.75, 3.05) is 24.6 Å². The van der Waals surface area contributed by atoms with E-state index in [1.54, 1.807) is 55.6 Å². The third-order valence-corrected chi connectivity index (χ3v) is 8.51. The fourth-order valence-electron chi connectivity index (χ4n) is 4.54. The number of sulfonamides is 1. The van der Waals surface area contributed by atoms with Crippen LogP contribution in [0.4, 0.5) is 5.69 Å². The average molecular weight is 610 g/mol. The van der Waals surface area contributed by atoms with Crippen molar-refractivity contribution in [1.29, 1.82) is 0 Å². The Hall–Kier alpha value is -4.05. The zero-order valence-electron chi connectivity index (χ0n) is 26.1. The van der Waals surface area contributed by atoms with Gasteiger partial charge in [0.2, 0.25) is 11.8 Å². The summed E-state index contributed by atoms with van der Waals surface area (Å²) >= 11 is 0. The number of nitrogens with one attached hydrogen (secondary N) is 1. The van der Waals surface area contributed by atoms with E-state index in [0.717, 1.165) is 15.4 Å². The van der Waals surface area contributed by atoms with Crippen LogP contribution in [0.25, 0.3) is 0 Å². The quantitative estimate of drug-likeness (QED) is 0.281. The lowest BCUT2D eigenvalue weighted by Gasteiger charge is -2.34. The van der Waals surface area contributed by atoms with Gasteiger partial charge in [-0.3, -0.25) is 13.9 Å². The van der Waals surface area contributed by atoms with Crippen molar-refractivity contribution in [3.8, 4) is 11.5 Å². The Morgan fingerprint density at radius 2 is 1.47 bits per heavy atom. The maximum Gasteiger partial charge on any atom is 0.264 e. The summed E-state index contributed by atoms with van der Waals surface area (Å²) in [6, 6.07) is 19.4. The van der Waals surface area contributed by atoms with E-state index < -0.39 is 34.1 Å². The first kappa shape index (κ1) is 33.5. The van der Waals surface area contributed by atoms with Gasteiger partial charge < -0.3 is 19.7 Å². The summed E-state index contributed by atoms with van der Waals surface area (Å²) in [7, 11) is -2.61. The van der Waals surface area contributed by atoms with Gasteiger partial charge in [0.15, 0.2) is 0 Å². The predicted octanol–water partition coefficient (Wildman–Crippen LogP) is 5.32. The van der Waals surface area contributed by atoms with E-state index in [2.05, 4.69) is 5.32 Å². The summed E-state index contributed by atoms with van der Waals surface area (Å²) in [5.74, 6) is 0.377. The molecule has 9 nitrogen and oxygen atoms in total. The largest absolute Gasteiger partial charge is 0.497 e. The second-order valence-corrected chi connectivity index (χ2v) is 13.1. The molecule has 0 aromatic heterocycles. The first-order chi connectivity index (χ1) is 20.3. The van der Waals surface area contributed by atoms with Gasteiger partial charge in [0.1, 0.15) is 24.1 Å². The van der Waals surface area contributed by atoms with Crippen LogP contribution in [0.3, 0.4) is 0 Å². The lowest BCUT2D eigenvalue weighted by atomic mass is 10.1. The van der Waals surface area contributed by atoms with Crippen molar-refractivity contribution in [1.82, 2.24) is 10.2 Å². The first-order valence-electron chi connectivity index (χ1n) is 14.4. The Morgan fingerprint density at radius 3 is 1.98 bits per heavy atom. The molecule has 0 radical (unpaired) electrons. The van der Waals surface area contributed by atoms with Gasteiger partial charge in [-0.1, -0.05) is 36.8 Å². The highest BCUT2D eigenvalue weighted by atomic mass is 32.2. The monoisotopic (exact) mass is 609 g/mol. The molecule has 2 amide bonds. The normalized spacial score (nSPS) is 12.3. The first-order valence-corrected chi connectivity index (χ1v) is 15.8. The maximum atomic E-state index is 14.2. The minimum atomic E-state index is -4.18. The van der Waals surface area contributed by atoms with Gasteiger partial charge in [-0.2, -0.15) is 0 Å². The van der Waals surface area contributed by atoms with Gasteiger partial charge >= 0.3 is 0 Å². The molecule has 232 valence electrons. The number of anilines is 1. The Labute approximate surface area is 255 Å². The number of ether oxygens (including phenoxy) is 2. The lowest BCUT2D eigenvalue weighted by molar-refractivity contribution is -0.141. The van der Waals surface area contributed by atoms with Gasteiger partial charge in [0.05, 0.1) is 24.3 Å². The molecule has 3 aromatic carbocycles. The minimum Gasteiger partial charge on any atom is -0.497 e. The topological polar surface area (TPSA) is 105 Å². The second-order valence-electron chi connectivity index (χ2n) is 11.3. The van der Waals surface area contributed by atoms with Gasteiger partial charge in [-0.15, -0.1) is 0 Å². The minimum absolute atomic E-state index is 0.0172. The molecule has 0 saturated carbocycles. The highest BCUT2D eigenvalue weighted by Crippen LogP contribution is 2.27. The number of hydrogen-bond donors (Lipinski definition) is 1. The molecule has 1 unspecified atom stereocenters. The van der Waals surface area contributed by atoms with E-state index in [4.69, 9.17) is 9.47 Å². The van der Waals surface area contributed by atoms with Crippen LogP contribution in [0.5, 0.6) is 11.5 Å². The van der Waals surface area contributed by atoms with E-state index in [-0.39, 0.29) is 17.3 Å². The van der Waals surface area contributed by atoms with Crippen LogP contribution in [0.15, 0.2) is 77.7 Å². The summed E-state index contributed by atoms with van der Waals surface area (Å²) in [4.78, 5) is 29.1. The second kappa shape index (κ2) is 14.4. The van der Waals surface area contributed by atoms with Crippen LogP contribution in [0.2, 0.25) is 0 Å². The molecule has 0 fully saturated rings. The molecule has 10 heteroatoms. The molecule has 0 spiro atoms. The zero-order valence-corrected chi connectivity index (χ0v) is 26.9. The Kier molecular flexibility index (Phi) is 11.2. The standard InChI is InChI=1S/C33H43N3O6S/c1-8-30(32(38)34-33(4,5)6)35(22-25-12-16-27(41-7)17-13-25)31(37)23-36(26-14-10-24(3)11-15-26)43(39,40)29-20-18-28(19-21-29)42-9-2/h10-21,30H,8-9,22-23H2,1-7H3,(H,34,38). The van der Waals surface area contributed by atoms with Crippen molar-refractivity contribution in [3.63, 3.8) is 0 Å². The fourth-order valence-corrected chi connectivity index (χ4v) is 5.96. The molecule has 1 N–H and O–H groups in total. The van der Waals surface area contributed by atoms with Crippen LogP contribution in [0, 0.1) is 6.92 Å². The fraction of sp³-hybridized carbons (Fsp3) is 0.394. The number of nitrogens with zero attached hydrogens (tertiary/aromatic N) is 2. The van der Waals surface area contributed by atoms with Gasteiger partial charge in [-0.25, -0.2) is 8.42 Å². The van der Waals surface area contributed by atoms with E-state index in [9.17, 15) is 18.0 Å². The number of carbonyl (C=O) groups excluding carboxylic acids is 2. The predicted molar refractivity (Wildman–Crippen MR) is 169 cm³/mol.